The highest BCUT2D eigenvalue weighted by Crippen LogP contribution is 2.18. The Hall–Kier alpha value is -1.30. The van der Waals surface area contributed by atoms with Gasteiger partial charge in [-0.1, -0.05) is 13.3 Å². The Morgan fingerprint density at radius 2 is 2.00 bits per heavy atom. The van der Waals surface area contributed by atoms with Crippen molar-refractivity contribution in [3.63, 3.8) is 0 Å². The highest BCUT2D eigenvalue weighted by molar-refractivity contribution is 5.82. The first-order valence-corrected chi connectivity index (χ1v) is 7.75. The SMILES string of the molecule is CCCC(C(=N)N)N1CCN(C(=O)NC2CCC2)CC1. The van der Waals surface area contributed by atoms with Crippen LogP contribution in [-0.4, -0.2) is 59.9 Å². The third kappa shape index (κ3) is 3.62. The van der Waals surface area contributed by atoms with Crippen molar-refractivity contribution in [1.29, 1.82) is 5.41 Å². The van der Waals surface area contributed by atoms with Gasteiger partial charge in [-0.3, -0.25) is 10.3 Å². The molecular formula is C14H27N5O. The van der Waals surface area contributed by atoms with Gasteiger partial charge in [-0.2, -0.15) is 0 Å². The van der Waals surface area contributed by atoms with Crippen LogP contribution >= 0.6 is 0 Å². The predicted molar refractivity (Wildman–Crippen MR) is 79.9 cm³/mol. The van der Waals surface area contributed by atoms with Crippen molar-refractivity contribution >= 4 is 11.9 Å². The van der Waals surface area contributed by atoms with Crippen molar-refractivity contribution in [3.05, 3.63) is 0 Å². The summed E-state index contributed by atoms with van der Waals surface area (Å²) >= 11 is 0. The molecule has 0 aromatic rings. The first kappa shape index (κ1) is 15.1. The Bertz CT molecular complexity index is 347. The van der Waals surface area contributed by atoms with Crippen molar-refractivity contribution < 1.29 is 4.79 Å². The molecule has 4 N–H and O–H groups in total. The van der Waals surface area contributed by atoms with Gasteiger partial charge in [-0.15, -0.1) is 0 Å². The normalized spacial score (nSPS) is 22.1. The summed E-state index contributed by atoms with van der Waals surface area (Å²) in [4.78, 5) is 16.2. The zero-order valence-corrected chi connectivity index (χ0v) is 12.4. The number of urea groups is 1. The average molecular weight is 281 g/mol. The molecule has 1 saturated heterocycles. The number of hydrogen-bond acceptors (Lipinski definition) is 3. The molecule has 6 nitrogen and oxygen atoms in total. The summed E-state index contributed by atoms with van der Waals surface area (Å²) in [5, 5.41) is 10.8. The van der Waals surface area contributed by atoms with Crippen LogP contribution in [-0.2, 0) is 0 Å². The second kappa shape index (κ2) is 6.92. The Balaban J connectivity index is 1.78. The summed E-state index contributed by atoms with van der Waals surface area (Å²) in [6.07, 6.45) is 5.41. The number of rotatable bonds is 5. The molecule has 0 aromatic heterocycles. The van der Waals surface area contributed by atoms with Crippen molar-refractivity contribution in [1.82, 2.24) is 15.1 Å². The van der Waals surface area contributed by atoms with Crippen LogP contribution in [0.5, 0.6) is 0 Å². The van der Waals surface area contributed by atoms with Gasteiger partial charge in [0, 0.05) is 32.2 Å². The summed E-state index contributed by atoms with van der Waals surface area (Å²) in [6.45, 7) is 5.18. The molecular weight excluding hydrogens is 254 g/mol. The number of nitrogens with zero attached hydrogens (tertiary/aromatic N) is 2. The number of nitrogens with two attached hydrogens (primary N) is 1. The monoisotopic (exact) mass is 281 g/mol. The van der Waals surface area contributed by atoms with Gasteiger partial charge in [0.1, 0.15) is 5.84 Å². The second-order valence-corrected chi connectivity index (χ2v) is 5.86. The zero-order valence-electron chi connectivity index (χ0n) is 12.4. The summed E-state index contributed by atoms with van der Waals surface area (Å²) < 4.78 is 0. The zero-order chi connectivity index (χ0) is 14.5. The molecule has 1 heterocycles. The first-order chi connectivity index (χ1) is 9.61. The smallest absolute Gasteiger partial charge is 0.317 e. The maximum Gasteiger partial charge on any atom is 0.317 e. The molecule has 1 aliphatic carbocycles. The van der Waals surface area contributed by atoms with Crippen molar-refractivity contribution in [2.75, 3.05) is 26.2 Å². The Morgan fingerprint density at radius 3 is 2.45 bits per heavy atom. The summed E-state index contributed by atoms with van der Waals surface area (Å²) in [5.74, 6) is 0.249. The first-order valence-electron chi connectivity index (χ1n) is 7.75. The van der Waals surface area contributed by atoms with Crippen LogP contribution in [0.2, 0.25) is 0 Å². The predicted octanol–water partition coefficient (Wildman–Crippen LogP) is 0.971. The van der Waals surface area contributed by atoms with E-state index in [0.29, 0.717) is 6.04 Å². The lowest BCUT2D eigenvalue weighted by Crippen LogP contribution is -2.57. The summed E-state index contributed by atoms with van der Waals surface area (Å²) in [6, 6.07) is 0.506. The fourth-order valence-electron chi connectivity index (χ4n) is 2.86. The van der Waals surface area contributed by atoms with E-state index < -0.39 is 0 Å². The van der Waals surface area contributed by atoms with E-state index >= 15 is 0 Å². The molecule has 1 atom stereocenters. The van der Waals surface area contributed by atoms with E-state index in [0.717, 1.165) is 51.9 Å². The molecule has 114 valence electrons. The number of amidine groups is 1. The Morgan fingerprint density at radius 1 is 1.35 bits per heavy atom. The van der Waals surface area contributed by atoms with E-state index in [9.17, 15) is 4.79 Å². The number of hydrogen-bond donors (Lipinski definition) is 3. The molecule has 2 rings (SSSR count). The molecule has 20 heavy (non-hydrogen) atoms. The van der Waals surface area contributed by atoms with Gasteiger partial charge in [-0.05, 0) is 25.7 Å². The van der Waals surface area contributed by atoms with E-state index in [1.54, 1.807) is 0 Å². The van der Waals surface area contributed by atoms with Crippen LogP contribution in [0.4, 0.5) is 4.79 Å². The van der Waals surface area contributed by atoms with Gasteiger partial charge in [0.25, 0.3) is 0 Å². The molecule has 1 saturated carbocycles. The standard InChI is InChI=1S/C14H27N5O/c1-2-4-12(13(15)16)18-7-9-19(10-8-18)14(20)17-11-5-3-6-11/h11-12H,2-10H2,1H3,(H3,15,16)(H,17,20). The molecule has 6 heteroatoms. The largest absolute Gasteiger partial charge is 0.386 e. The minimum atomic E-state index is 0.0387. The number of piperazine rings is 1. The lowest BCUT2D eigenvalue weighted by atomic mass is 9.93. The van der Waals surface area contributed by atoms with E-state index in [1.165, 1.54) is 6.42 Å². The lowest BCUT2D eigenvalue weighted by Gasteiger charge is -2.39. The van der Waals surface area contributed by atoms with Crippen LogP contribution in [0.15, 0.2) is 0 Å². The molecule has 0 radical (unpaired) electrons. The minimum Gasteiger partial charge on any atom is -0.386 e. The van der Waals surface area contributed by atoms with Crippen LogP contribution in [0.1, 0.15) is 39.0 Å². The number of nitrogens with one attached hydrogen (secondary N) is 2. The molecule has 2 amide bonds. The van der Waals surface area contributed by atoms with Gasteiger partial charge in [-0.25, -0.2) is 4.79 Å². The maximum absolute atomic E-state index is 12.1. The fourth-order valence-corrected chi connectivity index (χ4v) is 2.86. The number of carbonyl (C=O) groups is 1. The molecule has 1 unspecified atom stereocenters. The van der Waals surface area contributed by atoms with Crippen LogP contribution in [0.25, 0.3) is 0 Å². The van der Waals surface area contributed by atoms with E-state index in [-0.39, 0.29) is 17.9 Å². The van der Waals surface area contributed by atoms with Crippen molar-refractivity contribution in [3.8, 4) is 0 Å². The van der Waals surface area contributed by atoms with Gasteiger partial charge >= 0.3 is 6.03 Å². The third-order valence-electron chi connectivity index (χ3n) is 4.40. The topological polar surface area (TPSA) is 85.5 Å². The summed E-state index contributed by atoms with van der Waals surface area (Å²) in [5.41, 5.74) is 5.69. The number of amides is 2. The van der Waals surface area contributed by atoms with Crippen LogP contribution < -0.4 is 11.1 Å². The molecule has 0 bridgehead atoms. The van der Waals surface area contributed by atoms with Gasteiger partial charge in [0.15, 0.2) is 0 Å². The maximum atomic E-state index is 12.1. The lowest BCUT2D eigenvalue weighted by molar-refractivity contribution is 0.120. The van der Waals surface area contributed by atoms with Gasteiger partial charge < -0.3 is 16.0 Å². The van der Waals surface area contributed by atoms with Gasteiger partial charge in [0.2, 0.25) is 0 Å². The highest BCUT2D eigenvalue weighted by Gasteiger charge is 2.28. The Kier molecular flexibility index (Phi) is 5.23. The average Bonchev–Trinajstić information content (AvgIpc) is 2.40. The van der Waals surface area contributed by atoms with Crippen LogP contribution in [0, 0.1) is 5.41 Å². The molecule has 0 spiro atoms. The number of carbonyl (C=O) groups excluding carboxylic acids is 1. The summed E-state index contributed by atoms with van der Waals surface area (Å²) in [7, 11) is 0. The van der Waals surface area contributed by atoms with E-state index in [2.05, 4.69) is 17.1 Å². The van der Waals surface area contributed by atoms with E-state index in [1.807, 2.05) is 4.90 Å². The highest BCUT2D eigenvalue weighted by atomic mass is 16.2. The third-order valence-corrected chi connectivity index (χ3v) is 4.40. The molecule has 2 aliphatic rings. The van der Waals surface area contributed by atoms with Gasteiger partial charge in [0.05, 0.1) is 6.04 Å². The molecule has 2 fully saturated rings. The van der Waals surface area contributed by atoms with Crippen molar-refractivity contribution in [2.24, 2.45) is 5.73 Å². The molecule has 1 aliphatic heterocycles. The fraction of sp³-hybridized carbons (Fsp3) is 0.857. The van der Waals surface area contributed by atoms with E-state index in [4.69, 9.17) is 11.1 Å². The molecule has 0 aromatic carbocycles. The quantitative estimate of drug-likeness (QED) is 0.518. The van der Waals surface area contributed by atoms with Crippen molar-refractivity contribution in [2.45, 2.75) is 51.1 Å². The Labute approximate surface area is 121 Å². The van der Waals surface area contributed by atoms with Crippen LogP contribution in [0.3, 0.4) is 0 Å². The minimum absolute atomic E-state index is 0.0387. The second-order valence-electron chi connectivity index (χ2n) is 5.86.